The van der Waals surface area contributed by atoms with Crippen LogP contribution in [0.2, 0.25) is 0 Å². The molecule has 11 heteroatoms. The Labute approximate surface area is 302 Å². The predicted molar refractivity (Wildman–Crippen MR) is 200 cm³/mol. The molecule has 0 aromatic heterocycles. The number of aliphatic hydroxyl groups is 2. The monoisotopic (exact) mass is 728 g/mol. The summed E-state index contributed by atoms with van der Waals surface area (Å²) in [7, 11) is -4.83. The molecule has 0 spiro atoms. The molecule has 0 saturated carbocycles. The second kappa shape index (κ2) is 34.0. The molecular formula is C39H69O10P. The van der Waals surface area contributed by atoms with Crippen LogP contribution in [-0.4, -0.2) is 63.5 Å². The van der Waals surface area contributed by atoms with E-state index in [1.165, 1.54) is 44.9 Å². The highest BCUT2D eigenvalue weighted by atomic mass is 31.2. The van der Waals surface area contributed by atoms with Gasteiger partial charge >= 0.3 is 19.8 Å². The SMILES string of the molecule is CCCCC/C=C\C/C=C\C/C=C\CC(O)C(O)CCCC(=O)O[C@H](COC(=O)CCCCCCC/C=C\CCCCCC)COP(=O)(O)O. The third-order valence-electron chi connectivity index (χ3n) is 8.02. The van der Waals surface area contributed by atoms with E-state index in [2.05, 4.69) is 54.8 Å². The van der Waals surface area contributed by atoms with E-state index in [9.17, 15) is 24.4 Å². The standard InChI is InChI=1S/C39H69O10P/c1-3-5-7-9-11-13-15-17-19-21-23-25-27-31-38(42)47-33-35(34-48-50(44,45)46)49-39(43)32-28-30-37(41)36(40)29-26-24-22-20-18-16-14-12-10-8-6-4-2/h12-15,18,20,24,26,35-37,40-41H,3-11,16-17,19,21-23,25,27-34H2,1-2H3,(H2,44,45,46)/b14-12-,15-13-,20-18-,26-24-/t35-,36?,37?/m1/s1. The Morgan fingerprint density at radius 1 is 0.600 bits per heavy atom. The minimum absolute atomic E-state index is 0.105. The summed E-state index contributed by atoms with van der Waals surface area (Å²) in [4.78, 5) is 42.7. The molecule has 4 N–H and O–H groups in total. The number of phosphoric acid groups is 1. The molecule has 2 unspecified atom stereocenters. The summed E-state index contributed by atoms with van der Waals surface area (Å²) >= 11 is 0. The average molecular weight is 729 g/mol. The first-order chi connectivity index (χ1) is 24.1. The van der Waals surface area contributed by atoms with Gasteiger partial charge in [-0.25, -0.2) is 4.57 Å². The zero-order chi connectivity index (χ0) is 37.1. The predicted octanol–water partition coefficient (Wildman–Crippen LogP) is 9.12. The first-order valence-corrected chi connectivity index (χ1v) is 20.6. The Balaban J connectivity index is 4.26. The van der Waals surface area contributed by atoms with E-state index >= 15 is 0 Å². The molecule has 0 aliphatic heterocycles. The van der Waals surface area contributed by atoms with Crippen molar-refractivity contribution in [1.29, 1.82) is 0 Å². The van der Waals surface area contributed by atoms with Gasteiger partial charge in [-0.3, -0.25) is 14.1 Å². The quantitative estimate of drug-likeness (QED) is 0.0218. The van der Waals surface area contributed by atoms with Gasteiger partial charge in [0.15, 0.2) is 6.10 Å². The van der Waals surface area contributed by atoms with E-state index in [4.69, 9.17) is 19.3 Å². The van der Waals surface area contributed by atoms with Crippen LogP contribution in [0.4, 0.5) is 0 Å². The Morgan fingerprint density at radius 2 is 1.10 bits per heavy atom. The van der Waals surface area contributed by atoms with Crippen molar-refractivity contribution in [2.75, 3.05) is 13.2 Å². The van der Waals surface area contributed by atoms with Crippen molar-refractivity contribution in [2.24, 2.45) is 0 Å². The fourth-order valence-electron chi connectivity index (χ4n) is 5.00. The highest BCUT2D eigenvalue weighted by Gasteiger charge is 2.23. The molecule has 0 rings (SSSR count). The number of hydrogen-bond acceptors (Lipinski definition) is 8. The van der Waals surface area contributed by atoms with E-state index in [0.717, 1.165) is 57.8 Å². The number of unbranched alkanes of at least 4 members (excludes halogenated alkanes) is 12. The van der Waals surface area contributed by atoms with Gasteiger partial charge in [0.25, 0.3) is 0 Å². The van der Waals surface area contributed by atoms with Crippen LogP contribution >= 0.6 is 7.82 Å². The molecule has 0 saturated heterocycles. The zero-order valence-electron chi connectivity index (χ0n) is 31.0. The molecule has 0 aromatic rings. The van der Waals surface area contributed by atoms with Gasteiger partial charge in [-0.2, -0.15) is 0 Å². The molecule has 0 aromatic carbocycles. The summed E-state index contributed by atoms with van der Waals surface area (Å²) in [5, 5.41) is 20.5. The molecule has 0 radical (unpaired) electrons. The first kappa shape index (κ1) is 47.9. The number of carbonyl (C=O) groups is 2. The summed E-state index contributed by atoms with van der Waals surface area (Å²) < 4.78 is 26.1. The van der Waals surface area contributed by atoms with Gasteiger partial charge in [0.05, 0.1) is 18.8 Å². The van der Waals surface area contributed by atoms with Gasteiger partial charge in [-0.05, 0) is 77.0 Å². The number of allylic oxidation sites excluding steroid dienone is 7. The van der Waals surface area contributed by atoms with Crippen molar-refractivity contribution in [3.63, 3.8) is 0 Å². The van der Waals surface area contributed by atoms with Gasteiger partial charge in [0, 0.05) is 12.8 Å². The van der Waals surface area contributed by atoms with Crippen LogP contribution < -0.4 is 0 Å². The van der Waals surface area contributed by atoms with Crippen molar-refractivity contribution in [3.8, 4) is 0 Å². The summed E-state index contributed by atoms with van der Waals surface area (Å²) in [6, 6.07) is 0. The number of ether oxygens (including phenoxy) is 2. The van der Waals surface area contributed by atoms with Crippen LogP contribution in [0.15, 0.2) is 48.6 Å². The van der Waals surface area contributed by atoms with Crippen molar-refractivity contribution in [3.05, 3.63) is 48.6 Å². The minimum Gasteiger partial charge on any atom is -0.462 e. The van der Waals surface area contributed by atoms with Gasteiger partial charge in [-0.1, -0.05) is 114 Å². The Morgan fingerprint density at radius 3 is 1.74 bits per heavy atom. The lowest BCUT2D eigenvalue weighted by atomic mass is 10.0. The summed E-state index contributed by atoms with van der Waals surface area (Å²) in [6.45, 7) is 3.37. The number of rotatable bonds is 34. The topological polar surface area (TPSA) is 160 Å². The van der Waals surface area contributed by atoms with E-state index in [1.807, 2.05) is 12.2 Å². The molecule has 0 aliphatic carbocycles. The Kier molecular flexibility index (Phi) is 32.6. The molecule has 10 nitrogen and oxygen atoms in total. The minimum atomic E-state index is -4.83. The van der Waals surface area contributed by atoms with Crippen molar-refractivity contribution in [2.45, 2.75) is 173 Å². The third kappa shape index (κ3) is 34.4. The maximum Gasteiger partial charge on any atom is 0.469 e. The highest BCUT2D eigenvalue weighted by molar-refractivity contribution is 7.46. The maximum atomic E-state index is 12.4. The number of carbonyl (C=O) groups excluding carboxylic acids is 2. The Bertz CT molecular complexity index is 987. The third-order valence-corrected chi connectivity index (χ3v) is 8.51. The van der Waals surface area contributed by atoms with Crippen LogP contribution in [0.1, 0.15) is 155 Å². The van der Waals surface area contributed by atoms with E-state index in [0.29, 0.717) is 6.42 Å². The van der Waals surface area contributed by atoms with Gasteiger partial charge in [0.2, 0.25) is 0 Å². The van der Waals surface area contributed by atoms with Crippen LogP contribution in [0.3, 0.4) is 0 Å². The fraction of sp³-hybridized carbons (Fsp3) is 0.744. The Hall–Kier alpha value is -2.07. The number of aliphatic hydroxyl groups excluding tert-OH is 2. The molecule has 3 atom stereocenters. The smallest absolute Gasteiger partial charge is 0.462 e. The maximum absolute atomic E-state index is 12.4. The first-order valence-electron chi connectivity index (χ1n) is 19.1. The fourth-order valence-corrected chi connectivity index (χ4v) is 5.36. The largest absolute Gasteiger partial charge is 0.469 e. The van der Waals surface area contributed by atoms with Crippen molar-refractivity contribution < 1.29 is 48.2 Å². The molecule has 0 bridgehead atoms. The molecule has 0 fully saturated rings. The number of phosphoric ester groups is 1. The lowest BCUT2D eigenvalue weighted by Crippen LogP contribution is -2.30. The molecular weight excluding hydrogens is 659 g/mol. The van der Waals surface area contributed by atoms with Gasteiger partial charge in [0.1, 0.15) is 6.61 Å². The zero-order valence-corrected chi connectivity index (χ0v) is 31.9. The van der Waals surface area contributed by atoms with E-state index in [-0.39, 0.29) is 32.1 Å². The molecule has 0 heterocycles. The number of esters is 2. The lowest BCUT2D eigenvalue weighted by molar-refractivity contribution is -0.161. The molecule has 290 valence electrons. The van der Waals surface area contributed by atoms with Crippen LogP contribution in [0.5, 0.6) is 0 Å². The summed E-state index contributed by atoms with van der Waals surface area (Å²) in [5.41, 5.74) is 0. The highest BCUT2D eigenvalue weighted by Crippen LogP contribution is 2.36. The van der Waals surface area contributed by atoms with Crippen LogP contribution in [-0.2, 0) is 28.2 Å². The summed E-state index contributed by atoms with van der Waals surface area (Å²) in [5.74, 6) is -1.18. The number of hydrogen-bond donors (Lipinski definition) is 4. The van der Waals surface area contributed by atoms with Gasteiger partial charge in [-0.15, -0.1) is 0 Å². The second-order valence-electron chi connectivity index (χ2n) is 12.9. The van der Waals surface area contributed by atoms with E-state index < -0.39 is 51.3 Å². The van der Waals surface area contributed by atoms with E-state index in [1.54, 1.807) is 0 Å². The van der Waals surface area contributed by atoms with Crippen LogP contribution in [0, 0.1) is 0 Å². The molecule has 0 aliphatic rings. The van der Waals surface area contributed by atoms with Crippen molar-refractivity contribution in [1.82, 2.24) is 0 Å². The molecule has 50 heavy (non-hydrogen) atoms. The second-order valence-corrected chi connectivity index (χ2v) is 14.1. The average Bonchev–Trinajstić information content (AvgIpc) is 3.07. The lowest BCUT2D eigenvalue weighted by Gasteiger charge is -2.19. The van der Waals surface area contributed by atoms with Crippen molar-refractivity contribution >= 4 is 19.8 Å². The van der Waals surface area contributed by atoms with Gasteiger partial charge < -0.3 is 29.5 Å². The summed E-state index contributed by atoms with van der Waals surface area (Å²) in [6.07, 6.45) is 32.9. The van der Waals surface area contributed by atoms with Crippen LogP contribution in [0.25, 0.3) is 0 Å². The molecule has 0 amide bonds. The normalized spacial score (nSPS) is 14.3.